The summed E-state index contributed by atoms with van der Waals surface area (Å²) in [6.45, 7) is 6.72. The number of aromatic nitrogens is 3. The fourth-order valence-electron chi connectivity index (χ4n) is 4.35. The van der Waals surface area contributed by atoms with Crippen LogP contribution in [0.15, 0.2) is 0 Å². The number of likely N-dealkylation sites (tertiary alicyclic amines) is 1. The van der Waals surface area contributed by atoms with E-state index in [9.17, 15) is 4.79 Å². The standard InChI is InChI=1S/C20H33N5O2/c1-13(2)10-17-11-16(7-9-27-17)21-20(26)25-8-3-4-15(12-25)19-22-18(23-24-19)14-5-6-14/h13-17H,3-12H2,1-2H3,(H,21,26)(H,22,23,24). The summed E-state index contributed by atoms with van der Waals surface area (Å²) in [6.07, 6.45) is 7.66. The van der Waals surface area contributed by atoms with Gasteiger partial charge >= 0.3 is 6.03 Å². The molecule has 150 valence electrons. The molecule has 0 spiro atoms. The molecular formula is C20H33N5O2. The summed E-state index contributed by atoms with van der Waals surface area (Å²) in [4.78, 5) is 19.5. The number of hydrogen-bond donors (Lipinski definition) is 2. The molecule has 0 radical (unpaired) electrons. The van der Waals surface area contributed by atoms with Gasteiger partial charge in [0.25, 0.3) is 0 Å². The van der Waals surface area contributed by atoms with E-state index in [0.29, 0.717) is 18.4 Å². The fraction of sp³-hybridized carbons (Fsp3) is 0.850. The SMILES string of the molecule is CC(C)CC1CC(NC(=O)N2CCCC(c3n[nH]c(C4CC4)n3)C2)CCO1. The molecular weight excluding hydrogens is 342 g/mol. The zero-order chi connectivity index (χ0) is 18.8. The Labute approximate surface area is 161 Å². The van der Waals surface area contributed by atoms with E-state index < -0.39 is 0 Å². The third-order valence-electron chi connectivity index (χ3n) is 5.99. The molecule has 0 aromatic carbocycles. The molecule has 3 unspecified atom stereocenters. The quantitative estimate of drug-likeness (QED) is 0.828. The van der Waals surface area contributed by atoms with Crippen molar-refractivity contribution in [3.8, 4) is 0 Å². The van der Waals surface area contributed by atoms with Gasteiger partial charge in [-0.1, -0.05) is 13.8 Å². The summed E-state index contributed by atoms with van der Waals surface area (Å²) in [6, 6.07) is 0.285. The first-order valence-electron chi connectivity index (χ1n) is 10.7. The fourth-order valence-corrected chi connectivity index (χ4v) is 4.35. The number of amides is 2. The Morgan fingerprint density at radius 1 is 1.30 bits per heavy atom. The first-order chi connectivity index (χ1) is 13.1. The lowest BCUT2D eigenvalue weighted by atomic mass is 9.96. The Hall–Kier alpha value is -1.63. The number of nitrogens with zero attached hydrogens (tertiary/aromatic N) is 3. The van der Waals surface area contributed by atoms with Gasteiger partial charge in [0.1, 0.15) is 5.82 Å². The Balaban J connectivity index is 1.30. The Bertz CT molecular complexity index is 642. The third-order valence-corrected chi connectivity index (χ3v) is 5.99. The second-order valence-electron chi connectivity index (χ2n) is 8.93. The van der Waals surface area contributed by atoms with Crippen molar-refractivity contribution in [1.29, 1.82) is 0 Å². The molecule has 2 saturated heterocycles. The number of urea groups is 1. The molecule has 1 saturated carbocycles. The number of H-pyrrole nitrogens is 1. The van der Waals surface area contributed by atoms with Crippen molar-refractivity contribution in [2.24, 2.45) is 5.92 Å². The van der Waals surface area contributed by atoms with E-state index in [4.69, 9.17) is 9.72 Å². The predicted molar refractivity (Wildman–Crippen MR) is 103 cm³/mol. The van der Waals surface area contributed by atoms with Gasteiger partial charge in [0.05, 0.1) is 6.10 Å². The molecule has 1 aromatic rings. The van der Waals surface area contributed by atoms with Crippen LogP contribution in [0.1, 0.15) is 82.3 Å². The van der Waals surface area contributed by atoms with Crippen LogP contribution in [-0.2, 0) is 4.74 Å². The maximum Gasteiger partial charge on any atom is 0.317 e. The van der Waals surface area contributed by atoms with Crippen LogP contribution in [0.25, 0.3) is 0 Å². The maximum absolute atomic E-state index is 12.8. The Morgan fingerprint density at radius 2 is 2.15 bits per heavy atom. The lowest BCUT2D eigenvalue weighted by molar-refractivity contribution is -0.00822. The number of piperidine rings is 1. The van der Waals surface area contributed by atoms with Gasteiger partial charge in [0, 0.05) is 37.6 Å². The first-order valence-corrected chi connectivity index (χ1v) is 10.7. The highest BCUT2D eigenvalue weighted by molar-refractivity contribution is 5.74. The maximum atomic E-state index is 12.8. The molecule has 3 atom stereocenters. The first kappa shape index (κ1) is 18.7. The summed E-state index contributed by atoms with van der Waals surface area (Å²) in [5.74, 6) is 3.37. The summed E-state index contributed by atoms with van der Waals surface area (Å²) in [7, 11) is 0. The zero-order valence-electron chi connectivity index (χ0n) is 16.6. The van der Waals surface area contributed by atoms with Gasteiger partial charge in [-0.05, 0) is 50.9 Å². The Kier molecular flexibility index (Phi) is 5.66. The van der Waals surface area contributed by atoms with Crippen molar-refractivity contribution in [1.82, 2.24) is 25.4 Å². The molecule has 3 heterocycles. The summed E-state index contributed by atoms with van der Waals surface area (Å²) in [5, 5.41) is 10.8. The van der Waals surface area contributed by atoms with Crippen molar-refractivity contribution >= 4 is 6.03 Å². The number of aromatic amines is 1. The summed E-state index contributed by atoms with van der Waals surface area (Å²) in [5.41, 5.74) is 0. The molecule has 1 aromatic heterocycles. The lowest BCUT2D eigenvalue weighted by Gasteiger charge is -2.35. The van der Waals surface area contributed by atoms with Crippen molar-refractivity contribution in [2.75, 3.05) is 19.7 Å². The minimum atomic E-state index is 0.0628. The number of ether oxygens (including phenoxy) is 1. The smallest absolute Gasteiger partial charge is 0.317 e. The van der Waals surface area contributed by atoms with Crippen molar-refractivity contribution in [3.63, 3.8) is 0 Å². The molecule has 3 fully saturated rings. The van der Waals surface area contributed by atoms with Gasteiger partial charge in [-0.25, -0.2) is 9.78 Å². The van der Waals surface area contributed by atoms with Crippen LogP contribution in [0.2, 0.25) is 0 Å². The van der Waals surface area contributed by atoms with E-state index in [2.05, 4.69) is 29.4 Å². The minimum Gasteiger partial charge on any atom is -0.378 e. The second-order valence-corrected chi connectivity index (χ2v) is 8.93. The van der Waals surface area contributed by atoms with Gasteiger partial charge in [0.2, 0.25) is 0 Å². The molecule has 0 bridgehead atoms. The third kappa shape index (κ3) is 4.81. The summed E-state index contributed by atoms with van der Waals surface area (Å²) >= 11 is 0. The largest absolute Gasteiger partial charge is 0.378 e. The topological polar surface area (TPSA) is 83.1 Å². The molecule has 4 rings (SSSR count). The highest BCUT2D eigenvalue weighted by atomic mass is 16.5. The molecule has 2 aliphatic heterocycles. The van der Waals surface area contributed by atoms with Gasteiger partial charge in [-0.3, -0.25) is 5.10 Å². The zero-order valence-corrected chi connectivity index (χ0v) is 16.6. The minimum absolute atomic E-state index is 0.0628. The number of nitrogens with one attached hydrogen (secondary N) is 2. The van der Waals surface area contributed by atoms with Gasteiger partial charge in [0.15, 0.2) is 5.82 Å². The van der Waals surface area contributed by atoms with Gasteiger partial charge < -0.3 is 15.0 Å². The van der Waals surface area contributed by atoms with Crippen LogP contribution in [0, 0.1) is 5.92 Å². The number of carbonyl (C=O) groups excluding carboxylic acids is 1. The highest BCUT2D eigenvalue weighted by Crippen LogP contribution is 2.38. The van der Waals surface area contributed by atoms with E-state index in [0.717, 1.165) is 56.9 Å². The van der Waals surface area contributed by atoms with Crippen LogP contribution in [0.4, 0.5) is 4.79 Å². The van der Waals surface area contributed by atoms with Crippen LogP contribution in [-0.4, -0.2) is 58.0 Å². The van der Waals surface area contributed by atoms with E-state index >= 15 is 0 Å². The average molecular weight is 376 g/mol. The Morgan fingerprint density at radius 3 is 2.93 bits per heavy atom. The molecule has 3 aliphatic rings. The average Bonchev–Trinajstić information content (AvgIpc) is 3.38. The van der Waals surface area contributed by atoms with Crippen molar-refractivity contribution in [2.45, 2.75) is 82.8 Å². The molecule has 7 nitrogen and oxygen atoms in total. The normalized spacial score (nSPS) is 29.1. The van der Waals surface area contributed by atoms with E-state index in [1.807, 2.05) is 4.90 Å². The van der Waals surface area contributed by atoms with Gasteiger partial charge in [-0.2, -0.15) is 5.10 Å². The molecule has 2 amide bonds. The van der Waals surface area contributed by atoms with Crippen LogP contribution in [0.5, 0.6) is 0 Å². The van der Waals surface area contributed by atoms with E-state index in [1.165, 1.54) is 12.8 Å². The summed E-state index contributed by atoms with van der Waals surface area (Å²) < 4.78 is 5.86. The van der Waals surface area contributed by atoms with Crippen molar-refractivity contribution < 1.29 is 9.53 Å². The van der Waals surface area contributed by atoms with Crippen LogP contribution >= 0.6 is 0 Å². The molecule has 27 heavy (non-hydrogen) atoms. The van der Waals surface area contributed by atoms with Crippen molar-refractivity contribution in [3.05, 3.63) is 11.6 Å². The van der Waals surface area contributed by atoms with E-state index in [1.54, 1.807) is 0 Å². The predicted octanol–water partition coefficient (Wildman–Crippen LogP) is 3.16. The molecule has 2 N–H and O–H groups in total. The van der Waals surface area contributed by atoms with E-state index in [-0.39, 0.29) is 24.1 Å². The van der Waals surface area contributed by atoms with Gasteiger partial charge in [-0.15, -0.1) is 0 Å². The van der Waals surface area contributed by atoms with Crippen LogP contribution in [0.3, 0.4) is 0 Å². The lowest BCUT2D eigenvalue weighted by Crippen LogP contribution is -2.50. The van der Waals surface area contributed by atoms with Crippen LogP contribution < -0.4 is 5.32 Å². The molecule has 7 heteroatoms. The monoisotopic (exact) mass is 375 g/mol. The second kappa shape index (κ2) is 8.17. The number of carbonyl (C=O) groups is 1. The highest BCUT2D eigenvalue weighted by Gasteiger charge is 2.32. The number of rotatable bonds is 5. The number of hydrogen-bond acceptors (Lipinski definition) is 4. The molecule has 1 aliphatic carbocycles.